The van der Waals surface area contributed by atoms with Crippen molar-refractivity contribution in [1.29, 1.82) is 0 Å². The van der Waals surface area contributed by atoms with E-state index in [2.05, 4.69) is 5.32 Å². The standard InChI is InChI=1S/C18H15ClF3NO4S/c19-12-6-10(2-4-13(12)20)23-18(25)9-1-3-14(21)17(5-9)28(26,27)11-7-15(22)16(24)8-11/h1-6,11,15-16,24H,7-8H2,(H,23,25). The number of aliphatic hydroxyl groups excluding tert-OH is 1. The zero-order valence-electron chi connectivity index (χ0n) is 14.2. The minimum atomic E-state index is -4.30. The van der Waals surface area contributed by atoms with E-state index >= 15 is 0 Å². The van der Waals surface area contributed by atoms with E-state index in [0.717, 1.165) is 30.3 Å². The Labute approximate surface area is 164 Å². The number of carbonyl (C=O) groups is 1. The van der Waals surface area contributed by atoms with Crippen LogP contribution in [0.5, 0.6) is 0 Å². The summed E-state index contributed by atoms with van der Waals surface area (Å²) >= 11 is 5.64. The van der Waals surface area contributed by atoms with Gasteiger partial charge in [-0.25, -0.2) is 21.6 Å². The number of alkyl halides is 1. The van der Waals surface area contributed by atoms with Gasteiger partial charge in [-0.3, -0.25) is 4.79 Å². The topological polar surface area (TPSA) is 83.5 Å². The van der Waals surface area contributed by atoms with E-state index in [1.807, 2.05) is 0 Å². The van der Waals surface area contributed by atoms with Crippen LogP contribution in [0.1, 0.15) is 23.2 Å². The van der Waals surface area contributed by atoms with Gasteiger partial charge in [-0.2, -0.15) is 0 Å². The maximum atomic E-state index is 14.2. The number of halogens is 4. The van der Waals surface area contributed by atoms with Crippen LogP contribution in [0.3, 0.4) is 0 Å². The Kier molecular flexibility index (Phi) is 5.69. The fraction of sp³-hybridized carbons (Fsp3) is 0.278. The summed E-state index contributed by atoms with van der Waals surface area (Å²) < 4.78 is 66.2. The molecular formula is C18H15ClF3NO4S. The molecule has 2 aromatic rings. The first kappa shape index (κ1) is 20.6. The molecular weight excluding hydrogens is 419 g/mol. The van der Waals surface area contributed by atoms with Gasteiger partial charge < -0.3 is 10.4 Å². The molecule has 0 heterocycles. The van der Waals surface area contributed by atoms with Crippen LogP contribution in [0.25, 0.3) is 0 Å². The van der Waals surface area contributed by atoms with Crippen LogP contribution in [-0.4, -0.2) is 37.0 Å². The van der Waals surface area contributed by atoms with Gasteiger partial charge in [0.2, 0.25) is 0 Å². The molecule has 3 atom stereocenters. The third kappa shape index (κ3) is 4.01. The number of hydrogen-bond acceptors (Lipinski definition) is 4. The SMILES string of the molecule is O=C(Nc1ccc(F)c(Cl)c1)c1ccc(F)c(S(=O)(=O)C2CC(O)C(F)C2)c1. The predicted molar refractivity (Wildman–Crippen MR) is 96.9 cm³/mol. The lowest BCUT2D eigenvalue weighted by Crippen LogP contribution is -2.21. The van der Waals surface area contributed by atoms with Crippen LogP contribution in [0.2, 0.25) is 5.02 Å². The molecule has 3 unspecified atom stereocenters. The minimum Gasteiger partial charge on any atom is -0.390 e. The van der Waals surface area contributed by atoms with Crippen molar-refractivity contribution in [2.24, 2.45) is 0 Å². The Balaban J connectivity index is 1.88. The van der Waals surface area contributed by atoms with Crippen LogP contribution < -0.4 is 5.32 Å². The first-order valence-electron chi connectivity index (χ1n) is 8.21. The summed E-state index contributed by atoms with van der Waals surface area (Å²) in [5, 5.41) is 10.4. The van der Waals surface area contributed by atoms with E-state index in [1.165, 1.54) is 6.07 Å². The first-order valence-corrected chi connectivity index (χ1v) is 10.1. The van der Waals surface area contributed by atoms with Crippen molar-refractivity contribution < 1.29 is 31.5 Å². The van der Waals surface area contributed by atoms with Gasteiger partial charge in [-0.15, -0.1) is 0 Å². The largest absolute Gasteiger partial charge is 0.390 e. The summed E-state index contributed by atoms with van der Waals surface area (Å²) in [7, 11) is -4.30. The zero-order valence-corrected chi connectivity index (χ0v) is 15.8. The molecule has 150 valence electrons. The average Bonchev–Trinajstić information content (AvgIpc) is 2.98. The van der Waals surface area contributed by atoms with E-state index in [1.54, 1.807) is 0 Å². The number of carbonyl (C=O) groups excluding carboxylic acids is 1. The second kappa shape index (κ2) is 7.73. The molecule has 1 saturated carbocycles. The summed E-state index contributed by atoms with van der Waals surface area (Å²) in [5.41, 5.74) is -0.0138. The van der Waals surface area contributed by atoms with Crippen molar-refractivity contribution in [2.75, 3.05) is 5.32 Å². The molecule has 1 aliphatic carbocycles. The third-order valence-corrected chi connectivity index (χ3v) is 7.00. The molecule has 3 rings (SSSR count). The fourth-order valence-electron chi connectivity index (χ4n) is 2.99. The highest BCUT2D eigenvalue weighted by Crippen LogP contribution is 2.33. The smallest absolute Gasteiger partial charge is 0.255 e. The predicted octanol–water partition coefficient (Wildman–Crippen LogP) is 3.51. The molecule has 2 N–H and O–H groups in total. The molecule has 28 heavy (non-hydrogen) atoms. The highest BCUT2D eigenvalue weighted by atomic mass is 35.5. The summed E-state index contributed by atoms with van der Waals surface area (Å²) in [6, 6.07) is 6.20. The molecule has 0 spiro atoms. The molecule has 2 aromatic carbocycles. The molecule has 0 aliphatic heterocycles. The Bertz CT molecular complexity index is 1020. The number of anilines is 1. The maximum absolute atomic E-state index is 14.2. The Hall–Kier alpha value is -2.10. The third-order valence-electron chi connectivity index (χ3n) is 4.53. The van der Waals surface area contributed by atoms with Gasteiger partial charge in [0, 0.05) is 11.3 Å². The monoisotopic (exact) mass is 433 g/mol. The molecule has 1 fully saturated rings. The quantitative estimate of drug-likeness (QED) is 0.773. The summed E-state index contributed by atoms with van der Waals surface area (Å²) in [6.45, 7) is 0. The van der Waals surface area contributed by atoms with E-state index in [4.69, 9.17) is 11.6 Å². The van der Waals surface area contributed by atoms with Gasteiger partial charge in [-0.05, 0) is 49.2 Å². The lowest BCUT2D eigenvalue weighted by molar-refractivity contribution is 0.102. The van der Waals surface area contributed by atoms with E-state index in [9.17, 15) is 31.5 Å². The number of aliphatic hydroxyl groups is 1. The van der Waals surface area contributed by atoms with E-state index in [-0.39, 0.29) is 22.7 Å². The van der Waals surface area contributed by atoms with Crippen molar-refractivity contribution in [1.82, 2.24) is 0 Å². The van der Waals surface area contributed by atoms with E-state index in [0.29, 0.717) is 0 Å². The Morgan fingerprint density at radius 3 is 2.39 bits per heavy atom. The maximum Gasteiger partial charge on any atom is 0.255 e. The molecule has 10 heteroatoms. The van der Waals surface area contributed by atoms with Crippen LogP contribution >= 0.6 is 11.6 Å². The fourth-order valence-corrected chi connectivity index (χ4v) is 5.05. The minimum absolute atomic E-state index is 0.157. The van der Waals surface area contributed by atoms with Crippen LogP contribution in [-0.2, 0) is 9.84 Å². The molecule has 5 nitrogen and oxygen atoms in total. The second-order valence-corrected chi connectivity index (χ2v) is 9.05. The van der Waals surface area contributed by atoms with Gasteiger partial charge in [0.25, 0.3) is 5.91 Å². The highest BCUT2D eigenvalue weighted by molar-refractivity contribution is 7.92. The average molecular weight is 434 g/mol. The Morgan fingerprint density at radius 1 is 1.11 bits per heavy atom. The normalized spacial score (nSPS) is 22.2. The summed E-state index contributed by atoms with van der Waals surface area (Å²) in [5.74, 6) is -2.54. The molecule has 1 aliphatic rings. The number of rotatable bonds is 4. The van der Waals surface area contributed by atoms with Gasteiger partial charge in [-0.1, -0.05) is 11.6 Å². The van der Waals surface area contributed by atoms with Crippen LogP contribution in [0.4, 0.5) is 18.9 Å². The lowest BCUT2D eigenvalue weighted by atomic mass is 10.2. The molecule has 1 amide bonds. The summed E-state index contributed by atoms with van der Waals surface area (Å²) in [6.07, 6.45) is -3.95. The lowest BCUT2D eigenvalue weighted by Gasteiger charge is -2.13. The number of amides is 1. The first-order chi connectivity index (χ1) is 13.1. The van der Waals surface area contributed by atoms with Crippen molar-refractivity contribution >= 4 is 33.0 Å². The van der Waals surface area contributed by atoms with Crippen LogP contribution in [0.15, 0.2) is 41.3 Å². The highest BCUT2D eigenvalue weighted by Gasteiger charge is 2.42. The summed E-state index contributed by atoms with van der Waals surface area (Å²) in [4.78, 5) is 11.6. The number of hydrogen-bond donors (Lipinski definition) is 2. The van der Waals surface area contributed by atoms with Gasteiger partial charge in [0.1, 0.15) is 22.7 Å². The van der Waals surface area contributed by atoms with Crippen molar-refractivity contribution in [3.63, 3.8) is 0 Å². The van der Waals surface area contributed by atoms with Gasteiger partial charge in [0.05, 0.1) is 16.4 Å². The molecule has 0 bridgehead atoms. The van der Waals surface area contributed by atoms with Crippen molar-refractivity contribution in [3.05, 3.63) is 58.6 Å². The molecule has 0 saturated heterocycles. The molecule has 0 radical (unpaired) electrons. The van der Waals surface area contributed by atoms with Crippen molar-refractivity contribution in [3.8, 4) is 0 Å². The Morgan fingerprint density at radius 2 is 1.79 bits per heavy atom. The number of nitrogens with one attached hydrogen (secondary N) is 1. The second-order valence-electron chi connectivity index (χ2n) is 6.45. The van der Waals surface area contributed by atoms with E-state index < -0.39 is 56.2 Å². The molecule has 0 aromatic heterocycles. The van der Waals surface area contributed by atoms with Gasteiger partial charge >= 0.3 is 0 Å². The zero-order chi connectivity index (χ0) is 20.6. The van der Waals surface area contributed by atoms with Crippen molar-refractivity contribution in [2.45, 2.75) is 35.3 Å². The number of benzene rings is 2. The number of sulfone groups is 1. The van der Waals surface area contributed by atoms with Crippen LogP contribution in [0, 0.1) is 11.6 Å². The van der Waals surface area contributed by atoms with Gasteiger partial charge in [0.15, 0.2) is 9.84 Å².